The largest absolute Gasteiger partial charge is 0.510 e. The summed E-state index contributed by atoms with van der Waals surface area (Å²) >= 11 is 0. The van der Waals surface area contributed by atoms with Gasteiger partial charge in [0.15, 0.2) is 0 Å². The van der Waals surface area contributed by atoms with E-state index in [1.165, 1.54) is 0 Å². The van der Waals surface area contributed by atoms with Crippen LogP contribution in [0.4, 0.5) is 0 Å². The van der Waals surface area contributed by atoms with Crippen LogP contribution in [-0.2, 0) is 6.42 Å². The van der Waals surface area contributed by atoms with E-state index >= 15 is 0 Å². The Kier molecular flexibility index (Phi) is 2.88. The average molecular weight is 164 g/mol. The van der Waals surface area contributed by atoms with Crippen molar-refractivity contribution in [1.29, 1.82) is 0 Å². The Hall–Kier alpha value is -1.28. The minimum absolute atomic E-state index is 0.182. The Labute approximate surface area is 71.8 Å². The summed E-state index contributed by atoms with van der Waals surface area (Å²) < 4.78 is 0. The molecule has 0 aliphatic heterocycles. The first-order valence-electron chi connectivity index (χ1n) is 3.80. The molecule has 2 N–H and O–H groups in total. The minimum Gasteiger partial charge on any atom is -0.510 e. The number of benzene rings is 1. The van der Waals surface area contributed by atoms with Gasteiger partial charge in [0.05, 0.1) is 0 Å². The number of hydrogen-bond acceptors (Lipinski definition) is 2. The molecule has 1 rings (SSSR count). The van der Waals surface area contributed by atoms with Gasteiger partial charge in [-0.1, -0.05) is 36.9 Å². The summed E-state index contributed by atoms with van der Waals surface area (Å²) in [7, 11) is 0. The van der Waals surface area contributed by atoms with Crippen LogP contribution in [0.2, 0.25) is 0 Å². The molecule has 2 heteroatoms. The summed E-state index contributed by atoms with van der Waals surface area (Å²) in [6, 6.07) is 9.48. The second-order valence-electron chi connectivity index (χ2n) is 2.70. The van der Waals surface area contributed by atoms with E-state index in [1.807, 2.05) is 30.3 Å². The van der Waals surface area contributed by atoms with Gasteiger partial charge in [-0.3, -0.25) is 0 Å². The predicted octanol–water partition coefficient (Wildman–Crippen LogP) is 1.66. The summed E-state index contributed by atoms with van der Waals surface area (Å²) in [5.74, 6) is -0.182. The maximum Gasteiger partial charge on any atom is 0.114 e. The lowest BCUT2D eigenvalue weighted by Crippen LogP contribution is -2.12. The van der Waals surface area contributed by atoms with Crippen LogP contribution in [0.3, 0.4) is 0 Å². The summed E-state index contributed by atoms with van der Waals surface area (Å²) in [4.78, 5) is 0. The summed E-state index contributed by atoms with van der Waals surface area (Å²) in [5, 5.41) is 18.1. The molecule has 64 valence electrons. The van der Waals surface area contributed by atoms with Crippen LogP contribution < -0.4 is 0 Å². The smallest absolute Gasteiger partial charge is 0.114 e. The number of aliphatic hydroxyl groups excluding tert-OH is 2. The second kappa shape index (κ2) is 3.93. The third-order valence-corrected chi connectivity index (χ3v) is 1.66. The Bertz CT molecular complexity index is 254. The maximum absolute atomic E-state index is 9.23. The molecule has 0 aliphatic rings. The lowest BCUT2D eigenvalue weighted by molar-refractivity contribution is 0.154. The second-order valence-corrected chi connectivity index (χ2v) is 2.70. The molecule has 0 saturated heterocycles. The van der Waals surface area contributed by atoms with Crippen LogP contribution in [0, 0.1) is 0 Å². The van der Waals surface area contributed by atoms with Crippen molar-refractivity contribution in [2.24, 2.45) is 0 Å². The van der Waals surface area contributed by atoms with Crippen molar-refractivity contribution in [2.45, 2.75) is 12.5 Å². The van der Waals surface area contributed by atoms with Crippen molar-refractivity contribution < 1.29 is 10.2 Å². The van der Waals surface area contributed by atoms with Crippen LogP contribution >= 0.6 is 0 Å². The highest BCUT2D eigenvalue weighted by Crippen LogP contribution is 2.06. The van der Waals surface area contributed by atoms with Gasteiger partial charge in [0.25, 0.3) is 0 Å². The average Bonchev–Trinajstić information content (AvgIpc) is 2.06. The van der Waals surface area contributed by atoms with Gasteiger partial charge in [0, 0.05) is 6.42 Å². The van der Waals surface area contributed by atoms with E-state index in [-0.39, 0.29) is 5.76 Å². The van der Waals surface area contributed by atoms with Crippen LogP contribution in [0.15, 0.2) is 42.7 Å². The summed E-state index contributed by atoms with van der Waals surface area (Å²) in [5.41, 5.74) is 0.986. The molecule has 0 bridgehead atoms. The molecule has 0 heterocycles. The Morgan fingerprint density at radius 3 is 2.42 bits per heavy atom. The van der Waals surface area contributed by atoms with Crippen LogP contribution in [0.25, 0.3) is 0 Å². The SMILES string of the molecule is C=C(O)[C@H](O)Cc1ccccc1. The van der Waals surface area contributed by atoms with Crippen molar-refractivity contribution in [1.82, 2.24) is 0 Å². The molecule has 0 radical (unpaired) electrons. The van der Waals surface area contributed by atoms with Gasteiger partial charge in [-0.2, -0.15) is 0 Å². The quantitative estimate of drug-likeness (QED) is 0.667. The van der Waals surface area contributed by atoms with Gasteiger partial charge < -0.3 is 10.2 Å². The van der Waals surface area contributed by atoms with Gasteiger partial charge in [-0.15, -0.1) is 0 Å². The van der Waals surface area contributed by atoms with Crippen molar-refractivity contribution in [3.8, 4) is 0 Å². The molecule has 1 atom stereocenters. The summed E-state index contributed by atoms with van der Waals surface area (Å²) in [6.45, 7) is 3.26. The molecule has 12 heavy (non-hydrogen) atoms. The van der Waals surface area contributed by atoms with Crippen LogP contribution in [0.5, 0.6) is 0 Å². The Balaban J connectivity index is 2.58. The fourth-order valence-corrected chi connectivity index (χ4v) is 0.955. The van der Waals surface area contributed by atoms with Gasteiger partial charge in [0.2, 0.25) is 0 Å². The lowest BCUT2D eigenvalue weighted by Gasteiger charge is -2.07. The molecular weight excluding hydrogens is 152 g/mol. The molecule has 0 fully saturated rings. The molecule has 0 aliphatic carbocycles. The molecule has 0 saturated carbocycles. The molecule has 0 unspecified atom stereocenters. The lowest BCUT2D eigenvalue weighted by atomic mass is 10.1. The number of rotatable bonds is 3. The maximum atomic E-state index is 9.23. The van der Waals surface area contributed by atoms with Crippen molar-refractivity contribution in [3.63, 3.8) is 0 Å². The molecule has 1 aromatic rings. The van der Waals surface area contributed by atoms with E-state index in [1.54, 1.807) is 0 Å². The van der Waals surface area contributed by atoms with Crippen LogP contribution in [-0.4, -0.2) is 16.3 Å². The van der Waals surface area contributed by atoms with Gasteiger partial charge in [-0.25, -0.2) is 0 Å². The van der Waals surface area contributed by atoms with E-state index in [0.29, 0.717) is 6.42 Å². The van der Waals surface area contributed by atoms with E-state index in [2.05, 4.69) is 6.58 Å². The Morgan fingerprint density at radius 2 is 1.92 bits per heavy atom. The zero-order valence-corrected chi connectivity index (χ0v) is 6.77. The van der Waals surface area contributed by atoms with Crippen LogP contribution in [0.1, 0.15) is 5.56 Å². The normalized spacial score (nSPS) is 12.4. The molecule has 1 aromatic carbocycles. The van der Waals surface area contributed by atoms with Gasteiger partial charge in [0.1, 0.15) is 11.9 Å². The minimum atomic E-state index is -0.854. The van der Waals surface area contributed by atoms with Gasteiger partial charge >= 0.3 is 0 Å². The van der Waals surface area contributed by atoms with Gasteiger partial charge in [-0.05, 0) is 5.56 Å². The molecular formula is C10H12O2. The monoisotopic (exact) mass is 164 g/mol. The highest BCUT2D eigenvalue weighted by Gasteiger charge is 2.06. The molecule has 2 nitrogen and oxygen atoms in total. The first-order chi connectivity index (χ1) is 5.70. The fourth-order valence-electron chi connectivity index (χ4n) is 0.955. The molecule has 0 spiro atoms. The standard InChI is InChI=1S/C10H12O2/c1-8(11)10(12)7-9-5-3-2-4-6-9/h2-6,10-12H,1,7H2/t10-/m1/s1. The highest BCUT2D eigenvalue weighted by atomic mass is 16.3. The third-order valence-electron chi connectivity index (χ3n) is 1.66. The van der Waals surface area contributed by atoms with E-state index in [0.717, 1.165) is 5.56 Å². The molecule has 0 aromatic heterocycles. The number of aliphatic hydroxyl groups is 2. The first-order valence-corrected chi connectivity index (χ1v) is 3.80. The zero-order valence-electron chi connectivity index (χ0n) is 6.77. The third kappa shape index (κ3) is 2.40. The zero-order chi connectivity index (χ0) is 8.97. The first kappa shape index (κ1) is 8.81. The fraction of sp³-hybridized carbons (Fsp3) is 0.200. The predicted molar refractivity (Wildman–Crippen MR) is 47.9 cm³/mol. The van der Waals surface area contributed by atoms with E-state index in [9.17, 15) is 5.11 Å². The van der Waals surface area contributed by atoms with E-state index < -0.39 is 6.10 Å². The van der Waals surface area contributed by atoms with Crippen molar-refractivity contribution >= 4 is 0 Å². The topological polar surface area (TPSA) is 40.5 Å². The highest BCUT2D eigenvalue weighted by molar-refractivity contribution is 5.16. The van der Waals surface area contributed by atoms with E-state index in [4.69, 9.17) is 5.11 Å². The molecule has 0 amide bonds. The summed E-state index contributed by atoms with van der Waals surface area (Å²) in [6.07, 6.45) is -0.441. The van der Waals surface area contributed by atoms with Crippen molar-refractivity contribution in [3.05, 3.63) is 48.2 Å². The number of hydrogen-bond donors (Lipinski definition) is 2. The Morgan fingerprint density at radius 1 is 1.33 bits per heavy atom. The van der Waals surface area contributed by atoms with Crippen molar-refractivity contribution in [2.75, 3.05) is 0 Å².